The van der Waals surface area contributed by atoms with Gasteiger partial charge in [0.2, 0.25) is 0 Å². The van der Waals surface area contributed by atoms with Gasteiger partial charge < -0.3 is 5.32 Å². The summed E-state index contributed by atoms with van der Waals surface area (Å²) >= 11 is 9.46. The zero-order valence-electron chi connectivity index (χ0n) is 11.8. The molecule has 2 rings (SSSR count). The molecule has 2 aromatic rings. The summed E-state index contributed by atoms with van der Waals surface area (Å²) in [7, 11) is 0. The summed E-state index contributed by atoms with van der Waals surface area (Å²) in [5, 5.41) is 4.00. The summed E-state index contributed by atoms with van der Waals surface area (Å²) in [4.78, 5) is 9.26. The van der Waals surface area contributed by atoms with Gasteiger partial charge in [0.05, 0.1) is 5.02 Å². The van der Waals surface area contributed by atoms with Crippen LogP contribution >= 0.6 is 27.5 Å². The van der Waals surface area contributed by atoms with Gasteiger partial charge in [0.25, 0.3) is 0 Å². The number of anilines is 1. The molecule has 1 aromatic heterocycles. The van der Waals surface area contributed by atoms with Gasteiger partial charge in [-0.05, 0) is 54.4 Å². The van der Waals surface area contributed by atoms with E-state index in [0.717, 1.165) is 34.5 Å². The molecule has 1 heterocycles. The van der Waals surface area contributed by atoms with Crippen molar-refractivity contribution in [1.29, 1.82) is 0 Å². The lowest BCUT2D eigenvalue weighted by Gasteiger charge is -2.13. The van der Waals surface area contributed by atoms with Crippen LogP contribution in [0.15, 0.2) is 22.7 Å². The van der Waals surface area contributed by atoms with Crippen LogP contribution in [0.5, 0.6) is 0 Å². The average molecular weight is 355 g/mol. The Morgan fingerprint density at radius 1 is 1.25 bits per heavy atom. The zero-order chi connectivity index (χ0) is 14.7. The van der Waals surface area contributed by atoms with Gasteiger partial charge >= 0.3 is 0 Å². The first kappa shape index (κ1) is 15.3. The molecule has 0 unspecified atom stereocenters. The molecule has 0 spiro atoms. The van der Waals surface area contributed by atoms with Crippen molar-refractivity contribution in [3.8, 4) is 11.4 Å². The summed E-state index contributed by atoms with van der Waals surface area (Å²) < 4.78 is 0.850. The fourth-order valence-electron chi connectivity index (χ4n) is 2.10. The summed E-state index contributed by atoms with van der Waals surface area (Å²) in [5.74, 6) is 1.64. The predicted octanol–water partition coefficient (Wildman–Crippen LogP) is 4.86. The Morgan fingerprint density at radius 3 is 2.60 bits per heavy atom. The summed E-state index contributed by atoms with van der Waals surface area (Å²) in [5.41, 5.74) is 3.13. The Labute approximate surface area is 132 Å². The first-order chi connectivity index (χ1) is 9.56. The second-order valence-electron chi connectivity index (χ2n) is 4.47. The Morgan fingerprint density at radius 2 is 2.00 bits per heavy atom. The molecule has 0 saturated carbocycles. The van der Waals surface area contributed by atoms with Gasteiger partial charge in [-0.2, -0.15) is 0 Å². The van der Waals surface area contributed by atoms with E-state index in [0.29, 0.717) is 10.8 Å². The third-order valence-corrected chi connectivity index (χ3v) is 4.30. The van der Waals surface area contributed by atoms with Crippen molar-refractivity contribution in [2.75, 3.05) is 11.9 Å². The van der Waals surface area contributed by atoms with Gasteiger partial charge in [0.15, 0.2) is 5.82 Å². The first-order valence-corrected chi connectivity index (χ1v) is 7.80. The summed E-state index contributed by atoms with van der Waals surface area (Å²) in [6.45, 7) is 7.05. The van der Waals surface area contributed by atoms with Crippen LogP contribution in [0.4, 0.5) is 5.82 Å². The van der Waals surface area contributed by atoms with Crippen LogP contribution in [0.2, 0.25) is 5.02 Å². The quantitative estimate of drug-likeness (QED) is 0.852. The molecule has 0 bridgehead atoms. The molecule has 0 saturated heterocycles. The Kier molecular flexibility index (Phi) is 5.00. The number of nitrogens with zero attached hydrogens (tertiary/aromatic N) is 2. The minimum Gasteiger partial charge on any atom is -0.370 e. The molecular formula is C15H17BrClN3. The normalized spacial score (nSPS) is 10.7. The largest absolute Gasteiger partial charge is 0.370 e. The monoisotopic (exact) mass is 353 g/mol. The Hall–Kier alpha value is -1.13. The number of aryl methyl sites for hydroxylation is 1. The Bertz CT molecular complexity index is 629. The minimum absolute atomic E-state index is 0.683. The summed E-state index contributed by atoms with van der Waals surface area (Å²) in [6, 6.07) is 5.72. The lowest BCUT2D eigenvalue weighted by Crippen LogP contribution is -2.08. The zero-order valence-corrected chi connectivity index (χ0v) is 14.1. The highest BCUT2D eigenvalue weighted by atomic mass is 79.9. The second kappa shape index (κ2) is 6.55. The van der Waals surface area contributed by atoms with Crippen LogP contribution < -0.4 is 5.32 Å². The molecule has 3 nitrogen and oxygen atoms in total. The maximum absolute atomic E-state index is 6.03. The van der Waals surface area contributed by atoms with Crippen LogP contribution in [0, 0.1) is 6.92 Å². The second-order valence-corrected chi connectivity index (χ2v) is 5.73. The van der Waals surface area contributed by atoms with Gasteiger partial charge in [-0.25, -0.2) is 9.97 Å². The average Bonchev–Trinajstić information content (AvgIpc) is 2.42. The molecule has 20 heavy (non-hydrogen) atoms. The van der Waals surface area contributed by atoms with E-state index in [1.54, 1.807) is 0 Å². The minimum atomic E-state index is 0.683. The molecule has 0 aliphatic carbocycles. The lowest BCUT2D eigenvalue weighted by atomic mass is 10.1. The van der Waals surface area contributed by atoms with E-state index in [1.165, 1.54) is 5.56 Å². The van der Waals surface area contributed by atoms with Crippen molar-refractivity contribution >= 4 is 33.3 Å². The fourth-order valence-corrected chi connectivity index (χ4v) is 2.59. The smallest absolute Gasteiger partial charge is 0.161 e. The molecule has 0 atom stereocenters. The number of benzene rings is 1. The van der Waals surface area contributed by atoms with E-state index >= 15 is 0 Å². The molecule has 1 N–H and O–H groups in total. The van der Waals surface area contributed by atoms with Crippen molar-refractivity contribution in [2.45, 2.75) is 27.2 Å². The van der Waals surface area contributed by atoms with Gasteiger partial charge in [-0.3, -0.25) is 0 Å². The SMILES string of the molecule is CCNc1nc(-c2ccc(Cl)c(Br)c2)nc(C)c1CC. The van der Waals surface area contributed by atoms with Crippen LogP contribution in [0.25, 0.3) is 11.4 Å². The number of nitrogens with one attached hydrogen (secondary N) is 1. The van der Waals surface area contributed by atoms with Crippen molar-refractivity contribution in [2.24, 2.45) is 0 Å². The van der Waals surface area contributed by atoms with E-state index < -0.39 is 0 Å². The highest BCUT2D eigenvalue weighted by Crippen LogP contribution is 2.29. The predicted molar refractivity (Wildman–Crippen MR) is 88.5 cm³/mol. The van der Waals surface area contributed by atoms with E-state index in [-0.39, 0.29) is 0 Å². The maximum Gasteiger partial charge on any atom is 0.161 e. The van der Waals surface area contributed by atoms with E-state index in [4.69, 9.17) is 11.6 Å². The van der Waals surface area contributed by atoms with Crippen molar-refractivity contribution in [1.82, 2.24) is 9.97 Å². The van der Waals surface area contributed by atoms with E-state index in [9.17, 15) is 0 Å². The molecule has 5 heteroatoms. The van der Waals surface area contributed by atoms with Crippen molar-refractivity contribution in [3.63, 3.8) is 0 Å². The van der Waals surface area contributed by atoms with Gasteiger partial charge in [-0.15, -0.1) is 0 Å². The maximum atomic E-state index is 6.03. The molecular weight excluding hydrogens is 338 g/mol. The highest BCUT2D eigenvalue weighted by molar-refractivity contribution is 9.10. The molecule has 0 amide bonds. The number of halogens is 2. The number of hydrogen-bond acceptors (Lipinski definition) is 3. The van der Waals surface area contributed by atoms with Crippen molar-refractivity contribution < 1.29 is 0 Å². The van der Waals surface area contributed by atoms with Crippen LogP contribution in [-0.4, -0.2) is 16.5 Å². The van der Waals surface area contributed by atoms with Gasteiger partial charge in [-0.1, -0.05) is 18.5 Å². The van der Waals surface area contributed by atoms with Crippen LogP contribution in [0.1, 0.15) is 25.1 Å². The Balaban J connectivity index is 2.54. The molecule has 0 aliphatic heterocycles. The number of aromatic nitrogens is 2. The van der Waals surface area contributed by atoms with Crippen LogP contribution in [0.3, 0.4) is 0 Å². The first-order valence-electron chi connectivity index (χ1n) is 6.63. The van der Waals surface area contributed by atoms with Gasteiger partial charge in [0.1, 0.15) is 5.82 Å². The highest BCUT2D eigenvalue weighted by Gasteiger charge is 2.12. The van der Waals surface area contributed by atoms with E-state index in [2.05, 4.69) is 45.1 Å². The van der Waals surface area contributed by atoms with E-state index in [1.807, 2.05) is 25.1 Å². The molecule has 0 fully saturated rings. The third kappa shape index (κ3) is 3.13. The molecule has 0 aliphatic rings. The van der Waals surface area contributed by atoms with Crippen LogP contribution in [-0.2, 0) is 6.42 Å². The number of hydrogen-bond donors (Lipinski definition) is 1. The number of rotatable bonds is 4. The lowest BCUT2D eigenvalue weighted by molar-refractivity contribution is 0.989. The molecule has 0 radical (unpaired) electrons. The molecule has 1 aromatic carbocycles. The van der Waals surface area contributed by atoms with Gasteiger partial charge in [0, 0.05) is 27.8 Å². The standard InChI is InChI=1S/C15H17BrClN3/c1-4-11-9(3)19-14(20-15(11)18-5-2)10-6-7-13(17)12(16)8-10/h6-8H,4-5H2,1-3H3,(H,18,19,20). The van der Waals surface area contributed by atoms with Crippen molar-refractivity contribution in [3.05, 3.63) is 39.0 Å². The fraction of sp³-hybridized carbons (Fsp3) is 0.333. The topological polar surface area (TPSA) is 37.8 Å². The summed E-state index contributed by atoms with van der Waals surface area (Å²) in [6.07, 6.45) is 0.915. The molecule has 106 valence electrons. The third-order valence-electron chi connectivity index (χ3n) is 3.09.